The standard InChI is InChI=1S/C6H8N2/c1-2-5-8-6-3-4-7/h1,3-4,6H,5,7H2. The predicted molar refractivity (Wildman–Crippen MR) is 35.5 cm³/mol. The summed E-state index contributed by atoms with van der Waals surface area (Å²) in [6, 6.07) is 0. The first-order valence-corrected chi connectivity index (χ1v) is 2.22. The number of nitrogens with zero attached hydrogens (tertiary/aromatic N) is 1. The molecule has 0 saturated carbocycles. The van der Waals surface area contributed by atoms with Gasteiger partial charge in [0, 0.05) is 6.21 Å². The Balaban J connectivity index is 3.24. The third-order valence-electron chi connectivity index (χ3n) is 0.485. The molecule has 0 fully saturated rings. The lowest BCUT2D eigenvalue weighted by molar-refractivity contribution is 1.31. The van der Waals surface area contributed by atoms with Gasteiger partial charge in [0.15, 0.2) is 0 Å². The molecule has 0 saturated heterocycles. The van der Waals surface area contributed by atoms with E-state index in [0.29, 0.717) is 6.54 Å². The SMILES string of the molecule is C#CCN=CC=CN. The highest BCUT2D eigenvalue weighted by atomic mass is 14.7. The van der Waals surface area contributed by atoms with Crippen LogP contribution in [0.1, 0.15) is 0 Å². The molecular weight excluding hydrogens is 100 g/mol. The molecular formula is C6H8N2. The minimum Gasteiger partial charge on any atom is -0.405 e. The van der Waals surface area contributed by atoms with Gasteiger partial charge in [-0.05, 0) is 12.3 Å². The van der Waals surface area contributed by atoms with E-state index in [-0.39, 0.29) is 0 Å². The molecule has 0 aliphatic carbocycles. The van der Waals surface area contributed by atoms with E-state index in [1.807, 2.05) is 0 Å². The highest BCUT2D eigenvalue weighted by Crippen LogP contribution is 1.63. The van der Waals surface area contributed by atoms with Crippen molar-refractivity contribution >= 4 is 6.21 Å². The van der Waals surface area contributed by atoms with Gasteiger partial charge in [-0.15, -0.1) is 6.42 Å². The van der Waals surface area contributed by atoms with E-state index in [4.69, 9.17) is 12.2 Å². The number of nitrogens with two attached hydrogens (primary N) is 1. The lowest BCUT2D eigenvalue weighted by Crippen LogP contribution is -1.77. The average Bonchev–Trinajstić information content (AvgIpc) is 1.81. The summed E-state index contributed by atoms with van der Waals surface area (Å²) in [4.78, 5) is 3.75. The molecule has 0 heterocycles. The first-order valence-electron chi connectivity index (χ1n) is 2.22. The number of aliphatic imine (C=N–C) groups is 1. The third kappa shape index (κ3) is 4.77. The zero-order valence-electron chi connectivity index (χ0n) is 4.54. The van der Waals surface area contributed by atoms with E-state index >= 15 is 0 Å². The molecule has 0 aromatic rings. The van der Waals surface area contributed by atoms with Gasteiger partial charge < -0.3 is 5.73 Å². The third-order valence-corrected chi connectivity index (χ3v) is 0.485. The highest BCUT2D eigenvalue weighted by molar-refractivity contribution is 5.70. The minimum absolute atomic E-state index is 0.421. The molecule has 0 spiro atoms. The minimum atomic E-state index is 0.421. The first kappa shape index (κ1) is 6.77. The number of hydrogen-bond acceptors (Lipinski definition) is 2. The van der Waals surface area contributed by atoms with Crippen molar-refractivity contribution in [1.82, 2.24) is 0 Å². The van der Waals surface area contributed by atoms with E-state index in [1.165, 1.54) is 6.20 Å². The molecule has 42 valence electrons. The summed E-state index contributed by atoms with van der Waals surface area (Å²) in [6.45, 7) is 0.421. The van der Waals surface area contributed by atoms with Crippen LogP contribution in [0.5, 0.6) is 0 Å². The quantitative estimate of drug-likeness (QED) is 0.397. The zero-order chi connectivity index (χ0) is 6.24. The smallest absolute Gasteiger partial charge is 0.0994 e. The maximum atomic E-state index is 4.99. The van der Waals surface area contributed by atoms with Crippen molar-refractivity contribution in [3.05, 3.63) is 12.3 Å². The summed E-state index contributed by atoms with van der Waals surface area (Å²) in [7, 11) is 0. The molecule has 0 amide bonds. The first-order chi connectivity index (χ1) is 3.91. The molecule has 2 nitrogen and oxygen atoms in total. The largest absolute Gasteiger partial charge is 0.405 e. The van der Waals surface area contributed by atoms with Crippen LogP contribution in [0.4, 0.5) is 0 Å². The topological polar surface area (TPSA) is 38.4 Å². The predicted octanol–water partition coefficient (Wildman–Crippen LogP) is 0.163. The van der Waals surface area contributed by atoms with Gasteiger partial charge in [-0.25, -0.2) is 0 Å². The van der Waals surface area contributed by atoms with Gasteiger partial charge >= 0.3 is 0 Å². The van der Waals surface area contributed by atoms with E-state index in [9.17, 15) is 0 Å². The molecule has 0 aliphatic heterocycles. The van der Waals surface area contributed by atoms with Crippen molar-refractivity contribution in [3.63, 3.8) is 0 Å². The number of terminal acetylenes is 1. The van der Waals surface area contributed by atoms with Crippen LogP contribution in [-0.2, 0) is 0 Å². The maximum Gasteiger partial charge on any atom is 0.0994 e. The lowest BCUT2D eigenvalue weighted by atomic mass is 10.6. The number of allylic oxidation sites excluding steroid dienone is 1. The van der Waals surface area contributed by atoms with E-state index in [2.05, 4.69) is 10.9 Å². The Labute approximate surface area is 49.1 Å². The van der Waals surface area contributed by atoms with Crippen molar-refractivity contribution in [2.75, 3.05) is 6.54 Å². The maximum absolute atomic E-state index is 4.99. The van der Waals surface area contributed by atoms with Gasteiger partial charge in [0.05, 0.1) is 6.54 Å². The van der Waals surface area contributed by atoms with Gasteiger partial charge in [-0.1, -0.05) is 5.92 Å². The number of hydrogen-bond donors (Lipinski definition) is 1. The monoisotopic (exact) mass is 108 g/mol. The van der Waals surface area contributed by atoms with E-state index < -0.39 is 0 Å². The van der Waals surface area contributed by atoms with Crippen LogP contribution in [0.3, 0.4) is 0 Å². The van der Waals surface area contributed by atoms with Crippen molar-refractivity contribution in [2.45, 2.75) is 0 Å². The molecule has 0 bridgehead atoms. The van der Waals surface area contributed by atoms with Gasteiger partial charge in [-0.2, -0.15) is 0 Å². The fourth-order valence-corrected chi connectivity index (χ4v) is 0.216. The highest BCUT2D eigenvalue weighted by Gasteiger charge is 1.61. The van der Waals surface area contributed by atoms with Crippen molar-refractivity contribution in [2.24, 2.45) is 10.7 Å². The van der Waals surface area contributed by atoms with Crippen LogP contribution < -0.4 is 5.73 Å². The average molecular weight is 108 g/mol. The van der Waals surface area contributed by atoms with Gasteiger partial charge in [0.1, 0.15) is 0 Å². The fraction of sp³-hybridized carbons (Fsp3) is 0.167. The zero-order valence-corrected chi connectivity index (χ0v) is 4.54. The summed E-state index contributed by atoms with van der Waals surface area (Å²) < 4.78 is 0. The Morgan fingerprint density at radius 1 is 1.75 bits per heavy atom. The van der Waals surface area contributed by atoms with Gasteiger partial charge in [-0.3, -0.25) is 4.99 Å². The molecule has 2 N–H and O–H groups in total. The van der Waals surface area contributed by atoms with Crippen molar-refractivity contribution in [1.29, 1.82) is 0 Å². The molecule has 0 atom stereocenters. The summed E-state index contributed by atoms with van der Waals surface area (Å²) in [5, 5.41) is 0. The van der Waals surface area contributed by atoms with Crippen LogP contribution in [0.25, 0.3) is 0 Å². The Hall–Kier alpha value is -1.23. The van der Waals surface area contributed by atoms with E-state index in [0.717, 1.165) is 0 Å². The summed E-state index contributed by atoms with van der Waals surface area (Å²) >= 11 is 0. The van der Waals surface area contributed by atoms with Crippen LogP contribution >= 0.6 is 0 Å². The van der Waals surface area contributed by atoms with Crippen LogP contribution in [-0.4, -0.2) is 12.8 Å². The van der Waals surface area contributed by atoms with Crippen LogP contribution in [0.15, 0.2) is 17.3 Å². The summed E-state index contributed by atoms with van der Waals surface area (Å²) in [5.41, 5.74) is 4.99. The van der Waals surface area contributed by atoms with Crippen molar-refractivity contribution in [3.8, 4) is 12.3 Å². The molecule has 0 aromatic carbocycles. The molecule has 0 rings (SSSR count). The fourth-order valence-electron chi connectivity index (χ4n) is 0.216. The summed E-state index contributed by atoms with van der Waals surface area (Å²) in [6.07, 6.45) is 9.49. The second kappa shape index (κ2) is 5.77. The molecule has 8 heavy (non-hydrogen) atoms. The van der Waals surface area contributed by atoms with Crippen molar-refractivity contribution < 1.29 is 0 Å². The molecule has 0 unspecified atom stereocenters. The summed E-state index contributed by atoms with van der Waals surface area (Å²) in [5.74, 6) is 2.35. The Morgan fingerprint density at radius 3 is 3.00 bits per heavy atom. The Bertz CT molecular complexity index is 128. The second-order valence-corrected chi connectivity index (χ2v) is 1.08. The van der Waals surface area contributed by atoms with Gasteiger partial charge in [0.25, 0.3) is 0 Å². The van der Waals surface area contributed by atoms with Gasteiger partial charge in [0.2, 0.25) is 0 Å². The van der Waals surface area contributed by atoms with E-state index in [1.54, 1.807) is 12.3 Å². The molecule has 0 radical (unpaired) electrons. The second-order valence-electron chi connectivity index (χ2n) is 1.08. The molecule has 2 heteroatoms. The molecule has 0 aromatic heterocycles. The normalized spacial score (nSPS) is 10.4. The van der Waals surface area contributed by atoms with Crippen LogP contribution in [0.2, 0.25) is 0 Å². The number of rotatable bonds is 2. The Morgan fingerprint density at radius 2 is 2.50 bits per heavy atom. The Kier molecular flexibility index (Phi) is 4.88. The van der Waals surface area contributed by atoms with Crippen LogP contribution in [0, 0.1) is 12.3 Å². The molecule has 0 aliphatic rings. The lowest BCUT2D eigenvalue weighted by Gasteiger charge is -1.72.